The lowest BCUT2D eigenvalue weighted by Gasteiger charge is -2.16. The van der Waals surface area contributed by atoms with Crippen LogP contribution >= 0.6 is 11.6 Å². The van der Waals surface area contributed by atoms with Crippen molar-refractivity contribution in [2.24, 2.45) is 5.92 Å². The Bertz CT molecular complexity index is 822. The van der Waals surface area contributed by atoms with Gasteiger partial charge in [-0.15, -0.1) is 0 Å². The van der Waals surface area contributed by atoms with E-state index in [0.717, 1.165) is 18.9 Å². The lowest BCUT2D eigenvalue weighted by atomic mass is 10.2. The average molecular weight is 376 g/mol. The maximum atomic E-state index is 13.8. The number of nitrogens with one attached hydrogen (secondary N) is 3. The molecule has 0 unspecified atom stereocenters. The highest BCUT2D eigenvalue weighted by atomic mass is 35.5. The first kappa shape index (κ1) is 18.2. The number of hydrogen-bond acceptors (Lipinski definition) is 3. The normalized spacial score (nSPS) is 14.4. The third-order valence-electron chi connectivity index (χ3n) is 4.07. The van der Waals surface area contributed by atoms with E-state index in [4.69, 9.17) is 11.6 Å². The average Bonchev–Trinajstić information content (AvgIpc) is 3.44. The third-order valence-corrected chi connectivity index (χ3v) is 4.30. The van der Waals surface area contributed by atoms with Crippen molar-refractivity contribution in [2.45, 2.75) is 25.8 Å². The highest BCUT2D eigenvalue weighted by molar-refractivity contribution is 6.30. The van der Waals surface area contributed by atoms with Crippen molar-refractivity contribution in [3.05, 3.63) is 53.3 Å². The SMILES string of the molecule is C[C@H](Nc1ccc(NC(=O)C2CC2)cc1)C(=O)Nc1ccc(Cl)cc1F. The van der Waals surface area contributed by atoms with Gasteiger partial charge in [-0.1, -0.05) is 11.6 Å². The molecule has 3 N–H and O–H groups in total. The number of carbonyl (C=O) groups is 2. The minimum atomic E-state index is -0.589. The van der Waals surface area contributed by atoms with Gasteiger partial charge in [0.15, 0.2) is 0 Å². The predicted molar refractivity (Wildman–Crippen MR) is 101 cm³/mol. The van der Waals surface area contributed by atoms with Crippen LogP contribution in [0.25, 0.3) is 0 Å². The molecule has 1 fully saturated rings. The summed E-state index contributed by atoms with van der Waals surface area (Å²) in [7, 11) is 0. The number of halogens is 2. The van der Waals surface area contributed by atoms with Gasteiger partial charge in [-0.3, -0.25) is 9.59 Å². The molecule has 1 saturated carbocycles. The number of benzene rings is 2. The molecule has 1 aliphatic rings. The molecule has 0 heterocycles. The fourth-order valence-electron chi connectivity index (χ4n) is 2.39. The summed E-state index contributed by atoms with van der Waals surface area (Å²) < 4.78 is 13.8. The summed E-state index contributed by atoms with van der Waals surface area (Å²) in [5, 5.41) is 8.67. The second kappa shape index (κ2) is 7.74. The molecule has 0 radical (unpaired) electrons. The zero-order valence-electron chi connectivity index (χ0n) is 14.2. The lowest BCUT2D eigenvalue weighted by molar-refractivity contribution is -0.117. The van der Waals surface area contributed by atoms with Crippen LogP contribution in [0.15, 0.2) is 42.5 Å². The molecule has 136 valence electrons. The number of rotatable bonds is 6. The molecule has 0 aliphatic heterocycles. The van der Waals surface area contributed by atoms with Crippen LogP contribution in [-0.2, 0) is 9.59 Å². The first-order valence-electron chi connectivity index (χ1n) is 8.36. The van der Waals surface area contributed by atoms with Crippen molar-refractivity contribution < 1.29 is 14.0 Å². The van der Waals surface area contributed by atoms with E-state index < -0.39 is 11.9 Å². The Kier molecular flexibility index (Phi) is 5.42. The van der Waals surface area contributed by atoms with Crippen LogP contribution in [0.4, 0.5) is 21.5 Å². The van der Waals surface area contributed by atoms with E-state index in [1.807, 2.05) is 0 Å². The van der Waals surface area contributed by atoms with Crippen molar-refractivity contribution in [1.29, 1.82) is 0 Å². The van der Waals surface area contributed by atoms with Crippen LogP contribution in [0.1, 0.15) is 19.8 Å². The quantitative estimate of drug-likeness (QED) is 0.706. The molecule has 0 bridgehead atoms. The molecule has 5 nitrogen and oxygen atoms in total. The van der Waals surface area contributed by atoms with Crippen molar-refractivity contribution >= 4 is 40.5 Å². The van der Waals surface area contributed by atoms with Crippen molar-refractivity contribution in [2.75, 3.05) is 16.0 Å². The fraction of sp³-hybridized carbons (Fsp3) is 0.263. The van der Waals surface area contributed by atoms with Gasteiger partial charge in [0.05, 0.1) is 5.69 Å². The predicted octanol–water partition coefficient (Wildman–Crippen LogP) is 4.27. The number of amides is 2. The number of hydrogen-bond donors (Lipinski definition) is 3. The second-order valence-corrected chi connectivity index (χ2v) is 6.76. The third kappa shape index (κ3) is 4.73. The maximum Gasteiger partial charge on any atom is 0.246 e. The van der Waals surface area contributed by atoms with Crippen LogP contribution in [0.3, 0.4) is 0 Å². The summed E-state index contributed by atoms with van der Waals surface area (Å²) >= 11 is 5.70. The summed E-state index contributed by atoms with van der Waals surface area (Å²) in [4.78, 5) is 23.9. The minimum Gasteiger partial charge on any atom is -0.374 e. The Labute approximate surface area is 155 Å². The van der Waals surface area contributed by atoms with E-state index in [2.05, 4.69) is 16.0 Å². The Balaban J connectivity index is 1.55. The maximum absolute atomic E-state index is 13.8. The van der Waals surface area contributed by atoms with Gasteiger partial charge in [-0.25, -0.2) is 4.39 Å². The minimum absolute atomic E-state index is 0.0449. The van der Waals surface area contributed by atoms with Gasteiger partial charge >= 0.3 is 0 Å². The molecule has 0 saturated heterocycles. The molecule has 1 atom stereocenters. The Morgan fingerprint density at radius 2 is 1.73 bits per heavy atom. The Morgan fingerprint density at radius 3 is 2.35 bits per heavy atom. The second-order valence-electron chi connectivity index (χ2n) is 6.32. The van der Waals surface area contributed by atoms with E-state index in [1.165, 1.54) is 12.1 Å². The first-order chi connectivity index (χ1) is 12.4. The van der Waals surface area contributed by atoms with E-state index in [-0.39, 0.29) is 28.4 Å². The van der Waals surface area contributed by atoms with E-state index >= 15 is 0 Å². The summed E-state index contributed by atoms with van der Waals surface area (Å²) in [6.45, 7) is 1.67. The number of carbonyl (C=O) groups excluding carboxylic acids is 2. The van der Waals surface area contributed by atoms with Crippen LogP contribution in [0.5, 0.6) is 0 Å². The summed E-state index contributed by atoms with van der Waals surface area (Å²) in [6, 6.07) is 10.6. The monoisotopic (exact) mass is 375 g/mol. The first-order valence-corrected chi connectivity index (χ1v) is 8.73. The standard InChI is InChI=1S/C19H19ClFN3O2/c1-11(18(25)24-17-9-4-13(20)10-16(17)21)22-14-5-7-15(8-6-14)23-19(26)12-2-3-12/h4-12,22H,2-3H2,1H3,(H,23,26)(H,24,25)/t11-/m0/s1. The zero-order chi connectivity index (χ0) is 18.7. The van der Waals surface area contributed by atoms with Crippen LogP contribution in [0.2, 0.25) is 5.02 Å². The van der Waals surface area contributed by atoms with Crippen molar-refractivity contribution in [1.82, 2.24) is 0 Å². The molecular weight excluding hydrogens is 357 g/mol. The molecule has 7 heteroatoms. The van der Waals surface area contributed by atoms with Gasteiger partial charge in [-0.2, -0.15) is 0 Å². The van der Waals surface area contributed by atoms with Crippen LogP contribution in [0, 0.1) is 11.7 Å². The highest BCUT2D eigenvalue weighted by Crippen LogP contribution is 2.30. The zero-order valence-corrected chi connectivity index (χ0v) is 14.9. The molecule has 26 heavy (non-hydrogen) atoms. The Morgan fingerprint density at radius 1 is 1.08 bits per heavy atom. The van der Waals surface area contributed by atoms with Gasteiger partial charge in [0.2, 0.25) is 11.8 Å². The summed E-state index contributed by atoms with van der Waals surface area (Å²) in [5.74, 6) is -0.778. The van der Waals surface area contributed by atoms with Crippen molar-refractivity contribution in [3.63, 3.8) is 0 Å². The van der Waals surface area contributed by atoms with Gasteiger partial charge in [-0.05, 0) is 62.2 Å². The molecule has 0 spiro atoms. The fourth-order valence-corrected chi connectivity index (χ4v) is 2.55. The van der Waals surface area contributed by atoms with Gasteiger partial charge in [0.1, 0.15) is 11.9 Å². The molecule has 2 amide bonds. The number of anilines is 3. The van der Waals surface area contributed by atoms with E-state index in [0.29, 0.717) is 11.4 Å². The summed E-state index contributed by atoms with van der Waals surface area (Å²) in [5.41, 5.74) is 1.51. The van der Waals surface area contributed by atoms with Gasteiger partial charge in [0, 0.05) is 22.3 Å². The van der Waals surface area contributed by atoms with Crippen LogP contribution < -0.4 is 16.0 Å². The highest BCUT2D eigenvalue weighted by Gasteiger charge is 2.29. The molecule has 0 aromatic heterocycles. The lowest BCUT2D eigenvalue weighted by Crippen LogP contribution is -2.32. The van der Waals surface area contributed by atoms with Crippen LogP contribution in [-0.4, -0.2) is 17.9 Å². The molecular formula is C19H19ClFN3O2. The smallest absolute Gasteiger partial charge is 0.246 e. The van der Waals surface area contributed by atoms with Crippen molar-refractivity contribution in [3.8, 4) is 0 Å². The van der Waals surface area contributed by atoms with E-state index in [1.54, 1.807) is 31.2 Å². The molecule has 2 aromatic carbocycles. The largest absolute Gasteiger partial charge is 0.374 e. The van der Waals surface area contributed by atoms with E-state index in [9.17, 15) is 14.0 Å². The topological polar surface area (TPSA) is 70.2 Å². The molecule has 3 rings (SSSR count). The van der Waals surface area contributed by atoms with Gasteiger partial charge in [0.25, 0.3) is 0 Å². The Hall–Kier alpha value is -2.60. The molecule has 2 aromatic rings. The summed E-state index contributed by atoms with van der Waals surface area (Å²) in [6.07, 6.45) is 1.90. The van der Waals surface area contributed by atoms with Gasteiger partial charge < -0.3 is 16.0 Å². The molecule has 1 aliphatic carbocycles.